The van der Waals surface area contributed by atoms with Crippen molar-refractivity contribution in [2.24, 2.45) is 0 Å². The molecule has 1 aromatic heterocycles. The average Bonchev–Trinajstić information content (AvgIpc) is 2.25. The topological polar surface area (TPSA) is 51.6 Å². The molecule has 1 aromatic rings. The zero-order valence-corrected chi connectivity index (χ0v) is 10.3. The average molecular weight is 316 g/mol. The quantitative estimate of drug-likeness (QED) is 0.867. The van der Waals surface area contributed by atoms with E-state index in [0.29, 0.717) is 0 Å². The van der Waals surface area contributed by atoms with Gasteiger partial charge in [-0.25, -0.2) is 0 Å². The van der Waals surface area contributed by atoms with Crippen molar-refractivity contribution >= 4 is 15.9 Å². The Morgan fingerprint density at radius 2 is 2.12 bits per heavy atom. The number of ether oxygens (including phenoxy) is 2. The van der Waals surface area contributed by atoms with Crippen LogP contribution >= 0.6 is 15.9 Å². The lowest BCUT2D eigenvalue weighted by Crippen LogP contribution is -2.19. The molecule has 0 fully saturated rings. The highest BCUT2D eigenvalue weighted by Crippen LogP contribution is 2.31. The fourth-order valence-electron chi connectivity index (χ4n) is 1.16. The van der Waals surface area contributed by atoms with Crippen molar-refractivity contribution in [3.05, 3.63) is 17.2 Å². The largest absolute Gasteiger partial charge is 0.574 e. The van der Waals surface area contributed by atoms with E-state index < -0.39 is 18.8 Å². The molecular formula is C9H9BrF3NO3. The number of nitrogens with zero attached hydrogens (tertiary/aromatic N) is 1. The fraction of sp³-hybridized carbons (Fsp3) is 0.444. The third kappa shape index (κ3) is 3.74. The van der Waals surface area contributed by atoms with E-state index >= 15 is 0 Å². The van der Waals surface area contributed by atoms with Gasteiger partial charge >= 0.3 is 6.36 Å². The molecule has 0 aliphatic rings. The first-order valence-corrected chi connectivity index (χ1v) is 5.52. The van der Waals surface area contributed by atoms with Crippen LogP contribution in [0.15, 0.2) is 6.07 Å². The zero-order valence-electron chi connectivity index (χ0n) is 8.71. The van der Waals surface area contributed by atoms with E-state index in [-0.39, 0.29) is 22.3 Å². The summed E-state index contributed by atoms with van der Waals surface area (Å²) in [6, 6.07) is 1.35. The second-order valence-electron chi connectivity index (χ2n) is 2.95. The molecule has 0 radical (unpaired) electrons. The molecule has 0 unspecified atom stereocenters. The number of aliphatic hydroxyl groups excluding tert-OH is 1. The maximum Gasteiger partial charge on any atom is 0.574 e. The van der Waals surface area contributed by atoms with Crippen LogP contribution in [-0.4, -0.2) is 23.6 Å². The van der Waals surface area contributed by atoms with Gasteiger partial charge in [-0.2, -0.15) is 4.98 Å². The van der Waals surface area contributed by atoms with Gasteiger partial charge in [-0.3, -0.25) is 0 Å². The molecule has 0 saturated carbocycles. The lowest BCUT2D eigenvalue weighted by Gasteiger charge is -2.14. The van der Waals surface area contributed by atoms with Crippen LogP contribution in [0, 0.1) is 0 Å². The minimum atomic E-state index is -4.84. The summed E-state index contributed by atoms with van der Waals surface area (Å²) in [7, 11) is 1.26. The van der Waals surface area contributed by atoms with Gasteiger partial charge < -0.3 is 14.6 Å². The van der Waals surface area contributed by atoms with Crippen molar-refractivity contribution in [1.29, 1.82) is 0 Å². The molecular weight excluding hydrogens is 307 g/mol. The van der Waals surface area contributed by atoms with Crippen molar-refractivity contribution in [2.45, 2.75) is 18.3 Å². The summed E-state index contributed by atoms with van der Waals surface area (Å²) in [5, 5.41) is 9.13. The molecule has 96 valence electrons. The van der Waals surface area contributed by atoms with Gasteiger partial charge in [0.05, 0.1) is 13.7 Å². The van der Waals surface area contributed by atoms with Crippen LogP contribution in [0.1, 0.15) is 11.1 Å². The van der Waals surface area contributed by atoms with Crippen LogP contribution in [0.25, 0.3) is 0 Å². The third-order valence-electron chi connectivity index (χ3n) is 1.88. The van der Waals surface area contributed by atoms with Crippen LogP contribution in [0.2, 0.25) is 0 Å². The zero-order chi connectivity index (χ0) is 13.1. The predicted molar refractivity (Wildman–Crippen MR) is 56.0 cm³/mol. The standard InChI is InChI=1S/C9H9BrF3NO3/c1-16-7-2-5(4-15)6(3-10)8(14-7)17-9(11,12)13/h2,15H,3-4H2,1H3. The summed E-state index contributed by atoms with van der Waals surface area (Å²) in [4.78, 5) is 3.55. The number of methoxy groups -OCH3 is 1. The van der Waals surface area contributed by atoms with E-state index in [1.165, 1.54) is 13.2 Å². The van der Waals surface area contributed by atoms with Crippen LogP contribution in [0.3, 0.4) is 0 Å². The third-order valence-corrected chi connectivity index (χ3v) is 2.44. The van der Waals surface area contributed by atoms with Crippen LogP contribution in [0.5, 0.6) is 11.8 Å². The first-order valence-electron chi connectivity index (χ1n) is 4.40. The first-order chi connectivity index (χ1) is 7.91. The summed E-state index contributed by atoms with van der Waals surface area (Å²) < 4.78 is 44.9. The molecule has 0 bridgehead atoms. The van der Waals surface area contributed by atoms with Crippen LogP contribution in [-0.2, 0) is 11.9 Å². The van der Waals surface area contributed by atoms with Gasteiger partial charge in [-0.05, 0) is 5.56 Å². The van der Waals surface area contributed by atoms with E-state index in [9.17, 15) is 13.2 Å². The summed E-state index contributed by atoms with van der Waals surface area (Å²) >= 11 is 3.01. The normalized spacial score (nSPS) is 11.4. The molecule has 1 rings (SSSR count). The number of rotatable bonds is 4. The maximum absolute atomic E-state index is 12.1. The molecule has 0 saturated heterocycles. The molecule has 8 heteroatoms. The van der Waals surface area contributed by atoms with Gasteiger partial charge in [-0.15, -0.1) is 13.2 Å². The number of aliphatic hydroxyl groups is 1. The minimum absolute atomic E-state index is 0.0574. The molecule has 1 heterocycles. The Labute approximate surface area is 103 Å². The first kappa shape index (κ1) is 14.0. The Bertz CT molecular complexity index is 398. The SMILES string of the molecule is COc1cc(CO)c(CBr)c(OC(F)(F)F)n1. The van der Waals surface area contributed by atoms with E-state index in [2.05, 4.69) is 25.7 Å². The van der Waals surface area contributed by atoms with E-state index in [1.807, 2.05) is 0 Å². The summed E-state index contributed by atoms with van der Waals surface area (Å²) in [6.45, 7) is -0.436. The Kier molecular flexibility index (Phi) is 4.58. The molecule has 17 heavy (non-hydrogen) atoms. The van der Waals surface area contributed by atoms with E-state index in [0.717, 1.165) is 0 Å². The predicted octanol–water partition coefficient (Wildman–Crippen LogP) is 2.38. The van der Waals surface area contributed by atoms with Crippen molar-refractivity contribution in [3.8, 4) is 11.8 Å². The van der Waals surface area contributed by atoms with E-state index in [4.69, 9.17) is 9.84 Å². The molecule has 0 atom stereocenters. The van der Waals surface area contributed by atoms with Crippen molar-refractivity contribution in [3.63, 3.8) is 0 Å². The molecule has 0 aromatic carbocycles. The second kappa shape index (κ2) is 5.54. The molecule has 0 aliphatic carbocycles. The smallest absolute Gasteiger partial charge is 0.481 e. The summed E-state index contributed by atoms with van der Waals surface area (Å²) in [5.74, 6) is -0.684. The fourth-order valence-corrected chi connectivity index (χ4v) is 1.76. The number of aromatic nitrogens is 1. The highest BCUT2D eigenvalue weighted by atomic mass is 79.9. The van der Waals surface area contributed by atoms with E-state index in [1.54, 1.807) is 0 Å². The Balaban J connectivity index is 3.24. The lowest BCUT2D eigenvalue weighted by molar-refractivity contribution is -0.276. The molecule has 0 amide bonds. The van der Waals surface area contributed by atoms with Crippen molar-refractivity contribution < 1.29 is 27.8 Å². The highest BCUT2D eigenvalue weighted by Gasteiger charge is 2.33. The van der Waals surface area contributed by atoms with Gasteiger partial charge in [0.15, 0.2) is 0 Å². The van der Waals surface area contributed by atoms with Gasteiger partial charge in [0.1, 0.15) is 0 Å². The van der Waals surface area contributed by atoms with Crippen molar-refractivity contribution in [1.82, 2.24) is 4.98 Å². The number of halogens is 4. The molecule has 0 spiro atoms. The number of hydrogen-bond acceptors (Lipinski definition) is 4. The van der Waals surface area contributed by atoms with Gasteiger partial charge in [0, 0.05) is 17.0 Å². The van der Waals surface area contributed by atoms with Crippen LogP contribution < -0.4 is 9.47 Å². The van der Waals surface area contributed by atoms with Gasteiger partial charge in [0.25, 0.3) is 0 Å². The molecule has 4 nitrogen and oxygen atoms in total. The lowest BCUT2D eigenvalue weighted by atomic mass is 10.1. The Morgan fingerprint density at radius 1 is 1.47 bits per heavy atom. The number of pyridine rings is 1. The van der Waals surface area contributed by atoms with Gasteiger partial charge in [-0.1, -0.05) is 15.9 Å². The highest BCUT2D eigenvalue weighted by molar-refractivity contribution is 9.08. The summed E-state index contributed by atoms with van der Waals surface area (Å²) in [6.07, 6.45) is -4.84. The number of hydrogen-bond donors (Lipinski definition) is 1. The second-order valence-corrected chi connectivity index (χ2v) is 3.51. The maximum atomic E-state index is 12.1. The van der Waals surface area contributed by atoms with Gasteiger partial charge in [0.2, 0.25) is 11.8 Å². The van der Waals surface area contributed by atoms with Crippen LogP contribution in [0.4, 0.5) is 13.2 Å². The Hall–Kier alpha value is -1.02. The summed E-state index contributed by atoms with van der Waals surface area (Å²) in [5.41, 5.74) is 0.388. The van der Waals surface area contributed by atoms with Crippen molar-refractivity contribution in [2.75, 3.05) is 7.11 Å². The Morgan fingerprint density at radius 3 is 2.53 bits per heavy atom. The number of alkyl halides is 4. The molecule has 0 aliphatic heterocycles. The minimum Gasteiger partial charge on any atom is -0.481 e. The molecule has 1 N–H and O–H groups in total. The monoisotopic (exact) mass is 315 g/mol.